The van der Waals surface area contributed by atoms with E-state index in [0.717, 1.165) is 32.1 Å². The molecule has 198 valence electrons. The number of primary amides is 1. The van der Waals surface area contributed by atoms with E-state index in [1.807, 2.05) is 11.5 Å². The molecule has 2 saturated carbocycles. The number of aliphatic hydroxyl groups excluding tert-OH is 1. The van der Waals surface area contributed by atoms with Crippen molar-refractivity contribution in [2.24, 2.45) is 11.1 Å². The van der Waals surface area contributed by atoms with Gasteiger partial charge in [0.1, 0.15) is 5.52 Å². The number of halogens is 3. The molecule has 0 spiro atoms. The number of nitrogens with zero attached hydrogens (tertiary/aromatic N) is 4. The van der Waals surface area contributed by atoms with E-state index in [2.05, 4.69) is 15.6 Å². The van der Waals surface area contributed by atoms with Crippen LogP contribution in [0.2, 0.25) is 15.1 Å². The quantitative estimate of drug-likeness (QED) is 0.294. The molecule has 2 aliphatic carbocycles. The molecular weight excluding hydrogens is 537 g/mol. The summed E-state index contributed by atoms with van der Waals surface area (Å²) in [5.74, 6) is 0.732. The SMILES string of the molecule is CC1(C(N)=O)CCC(n2c(Nc3c(Cl)cc(Cl)cc3Cl)nc3cnc(NC4CCCC(O)C4)nc32)CC1. The van der Waals surface area contributed by atoms with Crippen LogP contribution in [0.25, 0.3) is 11.2 Å². The van der Waals surface area contributed by atoms with E-state index < -0.39 is 5.41 Å². The molecule has 3 aromatic rings. The molecule has 12 heteroatoms. The van der Waals surface area contributed by atoms with Crippen molar-refractivity contribution in [3.05, 3.63) is 33.4 Å². The monoisotopic (exact) mass is 565 g/mol. The average Bonchev–Trinajstić information content (AvgIpc) is 3.19. The molecule has 9 nitrogen and oxygen atoms in total. The summed E-state index contributed by atoms with van der Waals surface area (Å²) < 4.78 is 2.04. The number of fused-ring (bicyclic) bond motifs is 1. The third kappa shape index (κ3) is 5.46. The van der Waals surface area contributed by atoms with Crippen LogP contribution in [0.3, 0.4) is 0 Å². The van der Waals surface area contributed by atoms with Gasteiger partial charge < -0.3 is 21.5 Å². The first-order valence-corrected chi connectivity index (χ1v) is 13.7. The maximum absolute atomic E-state index is 12.1. The van der Waals surface area contributed by atoms with E-state index in [0.29, 0.717) is 63.1 Å². The molecule has 0 bridgehead atoms. The van der Waals surface area contributed by atoms with Crippen LogP contribution in [-0.4, -0.2) is 42.7 Å². The normalized spacial score (nSPS) is 26.2. The van der Waals surface area contributed by atoms with Gasteiger partial charge in [0.25, 0.3) is 0 Å². The van der Waals surface area contributed by atoms with Crippen molar-refractivity contribution in [2.45, 2.75) is 76.5 Å². The lowest BCUT2D eigenvalue weighted by Gasteiger charge is -2.35. The fourth-order valence-electron chi connectivity index (χ4n) is 5.39. The largest absolute Gasteiger partial charge is 0.393 e. The number of carbonyl (C=O) groups excluding carboxylic acids is 1. The number of aromatic nitrogens is 4. The fourth-order valence-corrected chi connectivity index (χ4v) is 6.30. The van der Waals surface area contributed by atoms with E-state index in [9.17, 15) is 9.90 Å². The number of hydrogen-bond acceptors (Lipinski definition) is 7. The number of amides is 1. The molecule has 2 heterocycles. The van der Waals surface area contributed by atoms with Gasteiger partial charge in [-0.3, -0.25) is 9.36 Å². The number of imidazole rings is 1. The van der Waals surface area contributed by atoms with Crippen LogP contribution in [0.15, 0.2) is 18.3 Å². The average molecular weight is 567 g/mol. The van der Waals surface area contributed by atoms with Crippen LogP contribution in [0.1, 0.15) is 64.3 Å². The van der Waals surface area contributed by atoms with Gasteiger partial charge in [0.05, 0.1) is 28.0 Å². The molecule has 1 amide bonds. The molecule has 2 aliphatic rings. The molecule has 37 heavy (non-hydrogen) atoms. The Bertz CT molecular complexity index is 1300. The van der Waals surface area contributed by atoms with Crippen LogP contribution in [0.5, 0.6) is 0 Å². The summed E-state index contributed by atoms with van der Waals surface area (Å²) in [5.41, 5.74) is 6.92. The lowest BCUT2D eigenvalue weighted by molar-refractivity contribution is -0.128. The van der Waals surface area contributed by atoms with E-state index in [4.69, 9.17) is 50.5 Å². The predicted molar refractivity (Wildman–Crippen MR) is 147 cm³/mol. The zero-order valence-electron chi connectivity index (χ0n) is 20.5. The zero-order chi connectivity index (χ0) is 26.3. The number of nitrogens with two attached hydrogens (primary N) is 1. The molecule has 0 saturated heterocycles. The summed E-state index contributed by atoms with van der Waals surface area (Å²) in [6.07, 6.45) is 7.53. The number of aliphatic hydroxyl groups is 1. The van der Waals surface area contributed by atoms with Gasteiger partial charge in [-0.15, -0.1) is 0 Å². The minimum atomic E-state index is -0.535. The second-order valence-electron chi connectivity index (χ2n) is 10.4. The Labute approximate surface area is 230 Å². The first kappa shape index (κ1) is 26.3. The molecular formula is C25H30Cl3N7O2. The van der Waals surface area contributed by atoms with Gasteiger partial charge in [0.15, 0.2) is 5.65 Å². The second-order valence-corrected chi connectivity index (χ2v) is 11.6. The standard InChI is InChI=1S/C25H30Cl3N7O2/c1-25(22(29)37)7-5-15(6-8-25)35-21-19(12-30-23(34-21)31-14-3-2-4-16(36)11-14)32-24(35)33-20-17(27)9-13(26)10-18(20)28/h9-10,12,14-16,36H,2-8,11H2,1H3,(H2,29,37)(H,32,33)(H,30,31,34). The van der Waals surface area contributed by atoms with Crippen molar-refractivity contribution in [2.75, 3.05) is 10.6 Å². The van der Waals surface area contributed by atoms with Crippen molar-refractivity contribution in [1.29, 1.82) is 0 Å². The Morgan fingerprint density at radius 3 is 2.49 bits per heavy atom. The van der Waals surface area contributed by atoms with Gasteiger partial charge in [-0.1, -0.05) is 41.7 Å². The highest BCUT2D eigenvalue weighted by Crippen LogP contribution is 2.44. The van der Waals surface area contributed by atoms with E-state index in [-0.39, 0.29) is 24.1 Å². The van der Waals surface area contributed by atoms with E-state index in [1.165, 1.54) is 0 Å². The van der Waals surface area contributed by atoms with Gasteiger partial charge in [0, 0.05) is 22.5 Å². The van der Waals surface area contributed by atoms with Gasteiger partial charge >= 0.3 is 0 Å². The van der Waals surface area contributed by atoms with Crippen LogP contribution >= 0.6 is 34.8 Å². The number of hydrogen-bond donors (Lipinski definition) is 4. The molecule has 2 fully saturated rings. The van der Waals surface area contributed by atoms with Gasteiger partial charge in [-0.25, -0.2) is 9.97 Å². The molecule has 0 radical (unpaired) electrons. The highest BCUT2D eigenvalue weighted by Gasteiger charge is 2.38. The molecule has 5 N–H and O–H groups in total. The summed E-state index contributed by atoms with van der Waals surface area (Å²) in [4.78, 5) is 26.2. The first-order chi connectivity index (χ1) is 17.6. The van der Waals surface area contributed by atoms with Crippen LogP contribution in [0, 0.1) is 5.41 Å². The molecule has 0 aliphatic heterocycles. The van der Waals surface area contributed by atoms with Crippen molar-refractivity contribution < 1.29 is 9.90 Å². The highest BCUT2D eigenvalue weighted by atomic mass is 35.5. The number of rotatable bonds is 6. The Hall–Kier alpha value is -2.33. The first-order valence-electron chi connectivity index (χ1n) is 12.5. The topological polar surface area (TPSA) is 131 Å². The molecule has 2 aromatic heterocycles. The maximum atomic E-state index is 12.1. The minimum absolute atomic E-state index is 0.0176. The molecule has 5 rings (SSSR count). The third-order valence-electron chi connectivity index (χ3n) is 7.67. The minimum Gasteiger partial charge on any atom is -0.393 e. The second kappa shape index (κ2) is 10.4. The maximum Gasteiger partial charge on any atom is 0.224 e. The number of anilines is 3. The van der Waals surface area contributed by atoms with Crippen LogP contribution < -0.4 is 16.4 Å². The van der Waals surface area contributed by atoms with Crippen molar-refractivity contribution in [3.63, 3.8) is 0 Å². The van der Waals surface area contributed by atoms with Crippen molar-refractivity contribution in [3.8, 4) is 0 Å². The third-order valence-corrected chi connectivity index (χ3v) is 8.49. The summed E-state index contributed by atoms with van der Waals surface area (Å²) in [6, 6.07) is 3.35. The summed E-state index contributed by atoms with van der Waals surface area (Å²) in [6.45, 7) is 1.92. The Kier molecular flexibility index (Phi) is 7.42. The zero-order valence-corrected chi connectivity index (χ0v) is 22.7. The lowest BCUT2D eigenvalue weighted by Crippen LogP contribution is -2.38. The summed E-state index contributed by atoms with van der Waals surface area (Å²) >= 11 is 19.0. The lowest BCUT2D eigenvalue weighted by atomic mass is 9.73. The Morgan fingerprint density at radius 2 is 1.84 bits per heavy atom. The van der Waals surface area contributed by atoms with Crippen LogP contribution in [0.4, 0.5) is 17.6 Å². The molecule has 1 aromatic carbocycles. The van der Waals surface area contributed by atoms with E-state index >= 15 is 0 Å². The van der Waals surface area contributed by atoms with E-state index in [1.54, 1.807) is 18.3 Å². The summed E-state index contributed by atoms with van der Waals surface area (Å²) in [7, 11) is 0. The smallest absolute Gasteiger partial charge is 0.224 e. The Balaban J connectivity index is 1.52. The van der Waals surface area contributed by atoms with Gasteiger partial charge in [-0.2, -0.15) is 4.98 Å². The number of carbonyl (C=O) groups is 1. The van der Waals surface area contributed by atoms with Gasteiger partial charge in [0.2, 0.25) is 17.8 Å². The van der Waals surface area contributed by atoms with Crippen LogP contribution in [-0.2, 0) is 4.79 Å². The molecule has 2 atom stereocenters. The summed E-state index contributed by atoms with van der Waals surface area (Å²) in [5, 5.41) is 17.9. The number of benzene rings is 1. The molecule has 2 unspecified atom stereocenters. The van der Waals surface area contributed by atoms with Crippen molar-refractivity contribution >= 4 is 69.5 Å². The van der Waals surface area contributed by atoms with Crippen molar-refractivity contribution in [1.82, 2.24) is 19.5 Å². The predicted octanol–water partition coefficient (Wildman–Crippen LogP) is 5.85. The highest BCUT2D eigenvalue weighted by molar-refractivity contribution is 6.41. The Morgan fingerprint density at radius 1 is 1.14 bits per heavy atom. The number of nitrogens with one attached hydrogen (secondary N) is 2. The van der Waals surface area contributed by atoms with Gasteiger partial charge in [-0.05, 0) is 63.5 Å². The fraction of sp³-hybridized carbons (Fsp3) is 0.520.